The van der Waals surface area contributed by atoms with Gasteiger partial charge in [-0.1, -0.05) is 18.2 Å². The highest BCUT2D eigenvalue weighted by Gasteiger charge is 2.34. The Morgan fingerprint density at radius 1 is 0.833 bits per heavy atom. The van der Waals surface area contributed by atoms with Gasteiger partial charge in [-0.25, -0.2) is 4.39 Å². The van der Waals surface area contributed by atoms with Crippen LogP contribution in [0.5, 0.6) is 5.75 Å². The van der Waals surface area contributed by atoms with Crippen LogP contribution in [0.4, 0.5) is 17.6 Å². The maximum atomic E-state index is 12.7. The number of phenols is 1. The number of phenolic OH excluding ortho intramolecular Hbond substituents is 1. The van der Waals surface area contributed by atoms with E-state index in [-0.39, 0.29) is 5.56 Å². The highest BCUT2D eigenvalue weighted by atomic mass is 19.4. The zero-order valence-corrected chi connectivity index (χ0v) is 9.00. The molecule has 0 aliphatic heterocycles. The summed E-state index contributed by atoms with van der Waals surface area (Å²) in [6.07, 6.45) is -4.62. The predicted molar refractivity (Wildman–Crippen MR) is 58.5 cm³/mol. The van der Waals surface area contributed by atoms with Crippen LogP contribution < -0.4 is 0 Å². The molecule has 2 aromatic carbocycles. The van der Waals surface area contributed by atoms with Crippen molar-refractivity contribution in [2.45, 2.75) is 6.18 Å². The third-order valence-electron chi connectivity index (χ3n) is 2.48. The first-order chi connectivity index (χ1) is 8.38. The molecular formula is C13H8F4O. The lowest BCUT2D eigenvalue weighted by Crippen LogP contribution is -2.05. The molecule has 18 heavy (non-hydrogen) atoms. The molecule has 1 nitrogen and oxygen atoms in total. The van der Waals surface area contributed by atoms with Crippen LogP contribution in [-0.4, -0.2) is 5.11 Å². The topological polar surface area (TPSA) is 20.2 Å². The van der Waals surface area contributed by atoms with E-state index in [1.807, 2.05) is 0 Å². The van der Waals surface area contributed by atoms with Gasteiger partial charge in [0.15, 0.2) is 0 Å². The third kappa shape index (κ3) is 2.45. The Morgan fingerprint density at radius 2 is 1.39 bits per heavy atom. The van der Waals surface area contributed by atoms with Crippen molar-refractivity contribution in [2.75, 3.05) is 0 Å². The molecule has 2 aromatic rings. The van der Waals surface area contributed by atoms with Crippen molar-refractivity contribution in [1.29, 1.82) is 0 Å². The SMILES string of the molecule is Oc1ccc(-c2ccc(F)cc2)cc1C(F)(F)F. The van der Waals surface area contributed by atoms with Gasteiger partial charge in [0.2, 0.25) is 0 Å². The predicted octanol–water partition coefficient (Wildman–Crippen LogP) is 4.22. The summed E-state index contributed by atoms with van der Waals surface area (Å²) < 4.78 is 50.5. The van der Waals surface area contributed by atoms with E-state index in [0.29, 0.717) is 5.56 Å². The first kappa shape index (κ1) is 12.4. The van der Waals surface area contributed by atoms with E-state index in [4.69, 9.17) is 0 Å². The monoisotopic (exact) mass is 256 g/mol. The number of alkyl halides is 3. The van der Waals surface area contributed by atoms with Gasteiger partial charge in [0.25, 0.3) is 0 Å². The number of halogens is 4. The van der Waals surface area contributed by atoms with Gasteiger partial charge in [-0.2, -0.15) is 13.2 Å². The van der Waals surface area contributed by atoms with Crippen LogP contribution >= 0.6 is 0 Å². The smallest absolute Gasteiger partial charge is 0.419 e. The van der Waals surface area contributed by atoms with Crippen LogP contribution in [0.25, 0.3) is 11.1 Å². The maximum absolute atomic E-state index is 12.7. The molecule has 0 amide bonds. The van der Waals surface area contributed by atoms with Crippen molar-refractivity contribution in [3.05, 3.63) is 53.8 Å². The van der Waals surface area contributed by atoms with E-state index < -0.39 is 23.3 Å². The molecule has 0 saturated heterocycles. The summed E-state index contributed by atoms with van der Waals surface area (Å²) in [5.74, 6) is -1.29. The molecule has 0 spiro atoms. The molecule has 5 heteroatoms. The standard InChI is InChI=1S/C13H8F4O/c14-10-4-1-8(2-5-10)9-3-6-12(18)11(7-9)13(15,16)17/h1-7,18H. The van der Waals surface area contributed by atoms with Gasteiger partial charge in [-0.05, 0) is 35.4 Å². The van der Waals surface area contributed by atoms with Crippen molar-refractivity contribution in [1.82, 2.24) is 0 Å². The number of hydrogen-bond donors (Lipinski definition) is 1. The second kappa shape index (κ2) is 4.33. The van der Waals surface area contributed by atoms with Crippen LogP contribution in [0.3, 0.4) is 0 Å². The number of aromatic hydroxyl groups is 1. The van der Waals surface area contributed by atoms with Crippen molar-refractivity contribution in [2.24, 2.45) is 0 Å². The molecule has 0 bridgehead atoms. The van der Waals surface area contributed by atoms with E-state index in [1.165, 1.54) is 18.2 Å². The first-order valence-electron chi connectivity index (χ1n) is 5.04. The number of rotatable bonds is 1. The van der Waals surface area contributed by atoms with Crippen LogP contribution in [0.1, 0.15) is 5.56 Å². The molecule has 94 valence electrons. The Balaban J connectivity index is 2.50. The molecule has 0 aliphatic rings. The molecule has 0 fully saturated rings. The minimum absolute atomic E-state index is 0.264. The highest BCUT2D eigenvalue weighted by molar-refractivity contribution is 5.65. The average Bonchev–Trinajstić information content (AvgIpc) is 2.29. The van der Waals surface area contributed by atoms with Gasteiger partial charge in [0.05, 0.1) is 5.56 Å². The van der Waals surface area contributed by atoms with E-state index in [1.54, 1.807) is 0 Å². The van der Waals surface area contributed by atoms with Crippen molar-refractivity contribution >= 4 is 0 Å². The zero-order valence-electron chi connectivity index (χ0n) is 9.00. The quantitative estimate of drug-likeness (QED) is 0.757. The Morgan fingerprint density at radius 3 is 1.94 bits per heavy atom. The summed E-state index contributed by atoms with van der Waals surface area (Å²) in [5.41, 5.74) is -0.397. The van der Waals surface area contributed by atoms with Crippen LogP contribution in [0.2, 0.25) is 0 Å². The van der Waals surface area contributed by atoms with Gasteiger partial charge in [0.1, 0.15) is 11.6 Å². The third-order valence-corrected chi connectivity index (χ3v) is 2.48. The van der Waals surface area contributed by atoms with Crippen LogP contribution in [0, 0.1) is 5.82 Å². The number of hydrogen-bond acceptors (Lipinski definition) is 1. The normalized spacial score (nSPS) is 11.6. The first-order valence-corrected chi connectivity index (χ1v) is 5.04. The van der Waals surface area contributed by atoms with Crippen LogP contribution in [-0.2, 0) is 6.18 Å². The fourth-order valence-corrected chi connectivity index (χ4v) is 1.58. The van der Waals surface area contributed by atoms with Gasteiger partial charge in [-0.3, -0.25) is 0 Å². The van der Waals surface area contributed by atoms with Crippen molar-refractivity contribution in [3.8, 4) is 16.9 Å². The van der Waals surface area contributed by atoms with Gasteiger partial charge < -0.3 is 5.11 Å². The molecule has 0 aromatic heterocycles. The molecule has 0 radical (unpaired) electrons. The Bertz CT molecular complexity index is 558. The molecular weight excluding hydrogens is 248 g/mol. The van der Waals surface area contributed by atoms with E-state index in [0.717, 1.165) is 24.3 Å². The van der Waals surface area contributed by atoms with Crippen molar-refractivity contribution < 1.29 is 22.7 Å². The van der Waals surface area contributed by atoms with E-state index >= 15 is 0 Å². The minimum Gasteiger partial charge on any atom is -0.507 e. The summed E-state index contributed by atoms with van der Waals surface area (Å²) in [6.45, 7) is 0. The molecule has 0 saturated carbocycles. The molecule has 0 heterocycles. The van der Waals surface area contributed by atoms with Gasteiger partial charge in [-0.15, -0.1) is 0 Å². The Hall–Kier alpha value is -2.04. The summed E-state index contributed by atoms with van der Waals surface area (Å²) in [7, 11) is 0. The van der Waals surface area contributed by atoms with Crippen molar-refractivity contribution in [3.63, 3.8) is 0 Å². The average molecular weight is 256 g/mol. The fourth-order valence-electron chi connectivity index (χ4n) is 1.58. The summed E-state index contributed by atoms with van der Waals surface area (Å²) in [6, 6.07) is 8.23. The van der Waals surface area contributed by atoms with Crippen LogP contribution in [0.15, 0.2) is 42.5 Å². The molecule has 0 atom stereocenters. The minimum atomic E-state index is -4.62. The Kier molecular flexibility index (Phi) is 2.98. The Labute approximate surface area is 100 Å². The molecule has 2 rings (SSSR count). The largest absolute Gasteiger partial charge is 0.507 e. The lowest BCUT2D eigenvalue weighted by atomic mass is 10.0. The molecule has 0 aliphatic carbocycles. The molecule has 0 unspecified atom stereocenters. The lowest BCUT2D eigenvalue weighted by Gasteiger charge is -2.11. The summed E-state index contributed by atoms with van der Waals surface area (Å²) >= 11 is 0. The zero-order chi connectivity index (χ0) is 13.3. The van der Waals surface area contributed by atoms with E-state index in [9.17, 15) is 22.7 Å². The molecule has 1 N–H and O–H groups in total. The fraction of sp³-hybridized carbons (Fsp3) is 0.0769. The number of benzene rings is 2. The van der Waals surface area contributed by atoms with E-state index in [2.05, 4.69) is 0 Å². The summed E-state index contributed by atoms with van der Waals surface area (Å²) in [5, 5.41) is 9.18. The van der Waals surface area contributed by atoms with Gasteiger partial charge >= 0.3 is 6.18 Å². The maximum Gasteiger partial charge on any atom is 0.419 e. The lowest BCUT2D eigenvalue weighted by molar-refractivity contribution is -0.138. The second-order valence-corrected chi connectivity index (χ2v) is 3.74. The second-order valence-electron chi connectivity index (χ2n) is 3.74. The summed E-state index contributed by atoms with van der Waals surface area (Å²) in [4.78, 5) is 0. The highest BCUT2D eigenvalue weighted by Crippen LogP contribution is 2.38. The van der Waals surface area contributed by atoms with Gasteiger partial charge in [0, 0.05) is 0 Å².